The second kappa shape index (κ2) is 9.92. The van der Waals surface area contributed by atoms with Crippen LogP contribution in [0.3, 0.4) is 0 Å². The minimum atomic E-state index is -0.236. The Morgan fingerprint density at radius 3 is 2.67 bits per heavy atom. The molecule has 1 spiro atoms. The lowest BCUT2D eigenvalue weighted by Crippen LogP contribution is -2.35. The number of carbonyl (C=O) groups is 1. The van der Waals surface area contributed by atoms with Crippen LogP contribution in [0.4, 0.5) is 4.39 Å². The highest BCUT2D eigenvalue weighted by atomic mass is 35.5. The number of hydrogen-bond acceptors (Lipinski definition) is 3. The molecule has 0 radical (unpaired) electrons. The van der Waals surface area contributed by atoms with Gasteiger partial charge in [0.1, 0.15) is 5.82 Å². The molecular formula is C23H32ClFN4O. The SMILES string of the molecule is CN(CCCCCc1cc(-c2ccc(F)cc2)n[nH]1)C(=O)C1CC12CCNCC2.Cl. The Hall–Kier alpha value is -1.92. The molecule has 30 heavy (non-hydrogen) atoms. The van der Waals surface area contributed by atoms with E-state index in [1.165, 1.54) is 12.1 Å². The maximum atomic E-state index is 13.0. The summed E-state index contributed by atoms with van der Waals surface area (Å²) in [5.74, 6) is 0.384. The van der Waals surface area contributed by atoms with Crippen molar-refractivity contribution < 1.29 is 9.18 Å². The van der Waals surface area contributed by atoms with E-state index >= 15 is 0 Å². The van der Waals surface area contributed by atoms with Crippen LogP contribution in [-0.4, -0.2) is 47.7 Å². The highest BCUT2D eigenvalue weighted by Crippen LogP contribution is 2.59. The van der Waals surface area contributed by atoms with Gasteiger partial charge in [-0.25, -0.2) is 4.39 Å². The molecule has 2 aromatic rings. The van der Waals surface area contributed by atoms with Crippen LogP contribution in [0, 0.1) is 17.2 Å². The van der Waals surface area contributed by atoms with E-state index in [4.69, 9.17) is 0 Å². The normalized spacial score (nSPS) is 19.3. The summed E-state index contributed by atoms with van der Waals surface area (Å²) in [6.07, 6.45) is 7.51. The van der Waals surface area contributed by atoms with Crippen LogP contribution in [0.15, 0.2) is 30.3 Å². The largest absolute Gasteiger partial charge is 0.346 e. The number of rotatable bonds is 8. The zero-order valence-electron chi connectivity index (χ0n) is 17.6. The summed E-state index contributed by atoms with van der Waals surface area (Å²) in [5.41, 5.74) is 3.18. The highest BCUT2D eigenvalue weighted by molar-refractivity contribution is 5.85. The molecule has 1 saturated carbocycles. The fourth-order valence-electron chi connectivity index (χ4n) is 4.65. The first-order valence-electron chi connectivity index (χ1n) is 10.8. The van der Waals surface area contributed by atoms with Gasteiger partial charge in [-0.15, -0.1) is 12.4 Å². The van der Waals surface area contributed by atoms with Gasteiger partial charge in [0.2, 0.25) is 5.91 Å². The average molecular weight is 435 g/mol. The molecule has 2 aliphatic rings. The van der Waals surface area contributed by atoms with Gasteiger partial charge in [-0.2, -0.15) is 5.10 Å². The van der Waals surface area contributed by atoms with Crippen LogP contribution in [0.5, 0.6) is 0 Å². The maximum absolute atomic E-state index is 13.0. The number of aryl methyl sites for hydroxylation is 1. The molecule has 1 aliphatic heterocycles. The van der Waals surface area contributed by atoms with Gasteiger partial charge in [0, 0.05) is 30.8 Å². The van der Waals surface area contributed by atoms with Crippen molar-refractivity contribution in [2.75, 3.05) is 26.7 Å². The molecule has 4 rings (SSSR count). The van der Waals surface area contributed by atoms with E-state index in [1.54, 1.807) is 12.1 Å². The van der Waals surface area contributed by atoms with Crippen molar-refractivity contribution in [3.63, 3.8) is 0 Å². The van der Waals surface area contributed by atoms with Gasteiger partial charge in [-0.05, 0) is 87.4 Å². The smallest absolute Gasteiger partial charge is 0.226 e. The summed E-state index contributed by atoms with van der Waals surface area (Å²) in [6.45, 7) is 2.96. The minimum Gasteiger partial charge on any atom is -0.346 e. The van der Waals surface area contributed by atoms with Crippen LogP contribution in [0.2, 0.25) is 0 Å². The van der Waals surface area contributed by atoms with Crippen molar-refractivity contribution >= 4 is 18.3 Å². The fraction of sp³-hybridized carbons (Fsp3) is 0.565. The molecule has 7 heteroatoms. The predicted molar refractivity (Wildman–Crippen MR) is 119 cm³/mol. The van der Waals surface area contributed by atoms with Crippen molar-refractivity contribution in [2.45, 2.75) is 44.9 Å². The second-order valence-electron chi connectivity index (χ2n) is 8.72. The molecule has 1 unspecified atom stereocenters. The van der Waals surface area contributed by atoms with Crippen LogP contribution in [0.1, 0.15) is 44.2 Å². The Morgan fingerprint density at radius 1 is 1.20 bits per heavy atom. The summed E-state index contributed by atoms with van der Waals surface area (Å²) in [4.78, 5) is 14.6. The van der Waals surface area contributed by atoms with Gasteiger partial charge in [0.25, 0.3) is 0 Å². The summed E-state index contributed by atoms with van der Waals surface area (Å²) in [6, 6.07) is 8.44. The molecule has 1 aromatic carbocycles. The molecule has 2 N–H and O–H groups in total. The van der Waals surface area contributed by atoms with Crippen molar-refractivity contribution in [3.05, 3.63) is 41.8 Å². The van der Waals surface area contributed by atoms with Gasteiger partial charge in [0.15, 0.2) is 0 Å². The fourth-order valence-corrected chi connectivity index (χ4v) is 4.65. The number of nitrogens with zero attached hydrogens (tertiary/aromatic N) is 2. The average Bonchev–Trinajstić information content (AvgIpc) is 3.20. The minimum absolute atomic E-state index is 0. The lowest BCUT2D eigenvalue weighted by Gasteiger charge is -2.25. The molecule has 0 bridgehead atoms. The quantitative estimate of drug-likeness (QED) is 0.612. The van der Waals surface area contributed by atoms with Crippen molar-refractivity contribution in [3.8, 4) is 11.3 Å². The molecule has 164 valence electrons. The molecule has 1 saturated heterocycles. The number of aromatic nitrogens is 2. The summed E-state index contributed by atoms with van der Waals surface area (Å²) in [7, 11) is 1.96. The standard InChI is InChI=1S/C23H31FN4O.ClH/c1-28(22(29)20-16-23(20)10-12-25-13-11-23)14-4-2-3-5-19-15-21(27-26-19)17-6-8-18(24)9-7-17;/h6-9,15,20,25H,2-5,10-14,16H2,1H3,(H,26,27);1H. The molecule has 1 aromatic heterocycles. The van der Waals surface area contributed by atoms with Crippen LogP contribution >= 0.6 is 12.4 Å². The van der Waals surface area contributed by atoms with Crippen molar-refractivity contribution in [1.82, 2.24) is 20.4 Å². The first-order valence-corrected chi connectivity index (χ1v) is 10.8. The van der Waals surface area contributed by atoms with E-state index < -0.39 is 0 Å². The number of hydrogen-bond donors (Lipinski definition) is 2. The maximum Gasteiger partial charge on any atom is 0.226 e. The molecule has 2 fully saturated rings. The first-order chi connectivity index (χ1) is 14.1. The third kappa shape index (κ3) is 5.22. The number of nitrogens with one attached hydrogen (secondary N) is 2. The third-order valence-electron chi connectivity index (χ3n) is 6.67. The first kappa shape index (κ1) is 22.8. The van der Waals surface area contributed by atoms with E-state index in [9.17, 15) is 9.18 Å². The number of benzene rings is 1. The number of carbonyl (C=O) groups excluding carboxylic acids is 1. The second-order valence-corrected chi connectivity index (χ2v) is 8.72. The third-order valence-corrected chi connectivity index (χ3v) is 6.67. The number of halogens is 2. The molecule has 1 amide bonds. The van der Waals surface area contributed by atoms with Crippen molar-refractivity contribution in [2.24, 2.45) is 11.3 Å². The van der Waals surface area contributed by atoms with Gasteiger partial charge in [-0.1, -0.05) is 6.42 Å². The Labute approximate surface area is 184 Å². The van der Waals surface area contributed by atoms with E-state index in [0.29, 0.717) is 11.3 Å². The Kier molecular flexibility index (Phi) is 7.53. The molecule has 1 atom stereocenters. The van der Waals surface area contributed by atoms with Crippen LogP contribution < -0.4 is 5.32 Å². The Morgan fingerprint density at radius 2 is 1.93 bits per heavy atom. The number of aromatic amines is 1. The zero-order valence-corrected chi connectivity index (χ0v) is 18.4. The zero-order chi connectivity index (χ0) is 20.3. The summed E-state index contributed by atoms with van der Waals surface area (Å²) >= 11 is 0. The Bertz CT molecular complexity index is 832. The molecular weight excluding hydrogens is 403 g/mol. The molecule has 2 heterocycles. The summed E-state index contributed by atoms with van der Waals surface area (Å²) < 4.78 is 13.0. The highest BCUT2D eigenvalue weighted by Gasteiger charge is 2.58. The monoisotopic (exact) mass is 434 g/mol. The van der Waals surface area contributed by atoms with Crippen LogP contribution in [-0.2, 0) is 11.2 Å². The number of amides is 1. The van der Waals surface area contributed by atoms with Gasteiger partial charge < -0.3 is 10.2 Å². The Balaban J connectivity index is 0.00000256. The lowest BCUT2D eigenvalue weighted by atomic mass is 9.91. The van der Waals surface area contributed by atoms with Crippen molar-refractivity contribution in [1.29, 1.82) is 0 Å². The number of H-pyrrole nitrogens is 1. The molecule has 1 aliphatic carbocycles. The number of unbranched alkanes of at least 4 members (excludes halogenated alkanes) is 2. The lowest BCUT2D eigenvalue weighted by molar-refractivity contribution is -0.132. The van der Waals surface area contributed by atoms with Gasteiger partial charge in [0.05, 0.1) is 5.69 Å². The van der Waals surface area contributed by atoms with E-state index in [2.05, 4.69) is 15.5 Å². The van der Waals surface area contributed by atoms with Gasteiger partial charge >= 0.3 is 0 Å². The molecule has 5 nitrogen and oxygen atoms in total. The van der Waals surface area contributed by atoms with Crippen LogP contribution in [0.25, 0.3) is 11.3 Å². The topological polar surface area (TPSA) is 61.0 Å². The van der Waals surface area contributed by atoms with E-state index in [1.807, 2.05) is 18.0 Å². The summed E-state index contributed by atoms with van der Waals surface area (Å²) in [5, 5.41) is 10.8. The van der Waals surface area contributed by atoms with E-state index in [-0.39, 0.29) is 24.1 Å². The predicted octanol–water partition coefficient (Wildman–Crippen LogP) is 4.20. The van der Waals surface area contributed by atoms with Gasteiger partial charge in [-0.3, -0.25) is 9.89 Å². The number of piperidine rings is 1. The van der Waals surface area contributed by atoms with E-state index in [0.717, 1.165) is 81.5 Å².